The minimum absolute atomic E-state index is 0.194. The van der Waals surface area contributed by atoms with Gasteiger partial charge in [-0.25, -0.2) is 0 Å². The van der Waals surface area contributed by atoms with E-state index in [9.17, 15) is 13.2 Å². The highest BCUT2D eigenvalue weighted by Gasteiger charge is 2.31. The van der Waals surface area contributed by atoms with Crippen molar-refractivity contribution in [2.75, 3.05) is 32.7 Å². The van der Waals surface area contributed by atoms with E-state index in [1.165, 1.54) is 6.07 Å². The van der Waals surface area contributed by atoms with Crippen molar-refractivity contribution in [1.29, 1.82) is 0 Å². The molecule has 4 rings (SSSR count). The molecule has 0 saturated carbocycles. The molecule has 1 aromatic heterocycles. The van der Waals surface area contributed by atoms with Crippen molar-refractivity contribution < 1.29 is 17.9 Å². The number of rotatable bonds is 6. The molecule has 7 heteroatoms. The summed E-state index contributed by atoms with van der Waals surface area (Å²) < 4.78 is 47.3. The Balaban J connectivity index is 1.60. The van der Waals surface area contributed by atoms with Crippen LogP contribution >= 0.6 is 0 Å². The molecule has 1 N–H and O–H groups in total. The number of halogens is 3. The third kappa shape index (κ3) is 4.47. The third-order valence-electron chi connectivity index (χ3n) is 5.64. The summed E-state index contributed by atoms with van der Waals surface area (Å²) in [6, 6.07) is 13.1. The van der Waals surface area contributed by atoms with E-state index in [0.717, 1.165) is 74.2 Å². The van der Waals surface area contributed by atoms with Crippen molar-refractivity contribution in [3.63, 3.8) is 0 Å². The van der Waals surface area contributed by atoms with Crippen LogP contribution in [0.4, 0.5) is 13.2 Å². The molecule has 0 atom stereocenters. The van der Waals surface area contributed by atoms with Crippen molar-refractivity contribution >= 4 is 10.9 Å². The second kappa shape index (κ2) is 8.70. The van der Waals surface area contributed by atoms with Gasteiger partial charge in [0.25, 0.3) is 0 Å². The Morgan fingerprint density at radius 1 is 1.03 bits per heavy atom. The Bertz CT molecular complexity index is 1010. The lowest BCUT2D eigenvalue weighted by molar-refractivity contribution is -0.137. The standard InChI is InChI=1S/C23H26F3N3O/c1-28-21-10-3-2-8-19(21)20(9-5-13-29-14-11-27-12-15-29)22(28)30-18-7-4-6-17(16-18)23(24,25)26/h2-4,6-8,10,16,27H,5,9,11-15H2,1H3. The van der Waals surface area contributed by atoms with Crippen molar-refractivity contribution in [2.24, 2.45) is 7.05 Å². The van der Waals surface area contributed by atoms with E-state index < -0.39 is 11.7 Å². The van der Waals surface area contributed by atoms with Gasteiger partial charge >= 0.3 is 6.18 Å². The van der Waals surface area contributed by atoms with Gasteiger partial charge < -0.3 is 19.5 Å². The number of aromatic nitrogens is 1. The molecule has 0 amide bonds. The van der Waals surface area contributed by atoms with Gasteiger partial charge in [0, 0.05) is 44.2 Å². The summed E-state index contributed by atoms with van der Waals surface area (Å²) in [4.78, 5) is 2.44. The molecule has 3 aromatic rings. The van der Waals surface area contributed by atoms with Gasteiger partial charge in [0.1, 0.15) is 5.75 Å². The minimum atomic E-state index is -4.40. The first-order valence-electron chi connectivity index (χ1n) is 10.3. The molecule has 1 aliphatic heterocycles. The number of aryl methyl sites for hydroxylation is 2. The number of nitrogens with one attached hydrogen (secondary N) is 1. The second-order valence-corrected chi connectivity index (χ2v) is 7.68. The van der Waals surface area contributed by atoms with Crippen LogP contribution in [0.15, 0.2) is 48.5 Å². The van der Waals surface area contributed by atoms with Gasteiger partial charge in [0.2, 0.25) is 5.88 Å². The predicted octanol–water partition coefficient (Wildman–Crippen LogP) is 4.83. The van der Waals surface area contributed by atoms with Crippen molar-refractivity contribution in [1.82, 2.24) is 14.8 Å². The number of hydrogen-bond acceptors (Lipinski definition) is 3. The van der Waals surface area contributed by atoms with Gasteiger partial charge in [-0.15, -0.1) is 0 Å². The fraction of sp³-hybridized carbons (Fsp3) is 0.391. The van der Waals surface area contributed by atoms with E-state index in [1.807, 2.05) is 29.8 Å². The zero-order valence-corrected chi connectivity index (χ0v) is 17.0. The van der Waals surface area contributed by atoms with Crippen molar-refractivity contribution in [3.05, 3.63) is 59.7 Å². The summed E-state index contributed by atoms with van der Waals surface area (Å²) in [6.45, 7) is 5.11. The van der Waals surface area contributed by atoms with E-state index in [0.29, 0.717) is 5.88 Å². The molecule has 0 spiro atoms. The first kappa shape index (κ1) is 20.8. The van der Waals surface area contributed by atoms with Crippen LogP contribution in [0.2, 0.25) is 0 Å². The largest absolute Gasteiger partial charge is 0.441 e. The molecule has 2 heterocycles. The van der Waals surface area contributed by atoms with Crippen LogP contribution in [0.25, 0.3) is 10.9 Å². The topological polar surface area (TPSA) is 29.4 Å². The Morgan fingerprint density at radius 2 is 1.80 bits per heavy atom. The number of piperazine rings is 1. The van der Waals surface area contributed by atoms with Crippen LogP contribution in [-0.4, -0.2) is 42.2 Å². The Morgan fingerprint density at radius 3 is 2.57 bits per heavy atom. The molecular weight excluding hydrogens is 391 g/mol. The minimum Gasteiger partial charge on any atom is -0.441 e. The van der Waals surface area contributed by atoms with E-state index in [1.54, 1.807) is 6.07 Å². The number of ether oxygens (including phenoxy) is 1. The van der Waals surface area contributed by atoms with E-state index >= 15 is 0 Å². The summed E-state index contributed by atoms with van der Waals surface area (Å²) in [7, 11) is 1.89. The number of hydrogen-bond donors (Lipinski definition) is 1. The maximum absolute atomic E-state index is 13.1. The molecule has 4 nitrogen and oxygen atoms in total. The molecule has 160 valence electrons. The summed E-state index contributed by atoms with van der Waals surface area (Å²) in [6.07, 6.45) is -2.63. The van der Waals surface area contributed by atoms with Gasteiger partial charge in [-0.1, -0.05) is 24.3 Å². The Kier molecular flexibility index (Phi) is 6.01. The third-order valence-corrected chi connectivity index (χ3v) is 5.64. The smallest absolute Gasteiger partial charge is 0.416 e. The highest BCUT2D eigenvalue weighted by Crippen LogP contribution is 2.37. The molecule has 0 aliphatic carbocycles. The Hall–Kier alpha value is -2.51. The lowest BCUT2D eigenvalue weighted by Gasteiger charge is -2.27. The van der Waals surface area contributed by atoms with Gasteiger partial charge in [0.15, 0.2) is 0 Å². The van der Waals surface area contributed by atoms with Crippen molar-refractivity contribution in [3.8, 4) is 11.6 Å². The molecule has 30 heavy (non-hydrogen) atoms. The lowest BCUT2D eigenvalue weighted by atomic mass is 10.1. The number of benzene rings is 2. The molecule has 1 aliphatic rings. The monoisotopic (exact) mass is 417 g/mol. The van der Waals surface area contributed by atoms with Gasteiger partial charge in [-0.2, -0.15) is 13.2 Å². The summed E-state index contributed by atoms with van der Waals surface area (Å²) >= 11 is 0. The number of fused-ring (bicyclic) bond motifs is 1. The van der Waals surface area contributed by atoms with Crippen LogP contribution in [0, 0.1) is 0 Å². The second-order valence-electron chi connectivity index (χ2n) is 7.68. The molecular formula is C23H26F3N3O. The zero-order chi connectivity index (χ0) is 21.1. The average molecular weight is 417 g/mol. The number of nitrogens with zero attached hydrogens (tertiary/aromatic N) is 2. The van der Waals surface area contributed by atoms with Gasteiger partial charge in [0.05, 0.1) is 11.1 Å². The Labute approximate surface area is 174 Å². The van der Waals surface area contributed by atoms with Crippen LogP contribution in [0.1, 0.15) is 17.5 Å². The zero-order valence-electron chi connectivity index (χ0n) is 17.0. The normalized spacial score (nSPS) is 15.6. The van der Waals surface area contributed by atoms with Gasteiger partial charge in [-0.05, 0) is 43.7 Å². The maximum atomic E-state index is 13.1. The van der Waals surface area contributed by atoms with Crippen LogP contribution in [-0.2, 0) is 19.6 Å². The summed E-state index contributed by atoms with van der Waals surface area (Å²) in [5.41, 5.74) is 1.34. The quantitative estimate of drug-likeness (QED) is 0.623. The van der Waals surface area contributed by atoms with Crippen LogP contribution in [0.5, 0.6) is 11.6 Å². The average Bonchev–Trinajstić information content (AvgIpc) is 3.00. The SMILES string of the molecule is Cn1c(Oc2cccc(C(F)(F)F)c2)c(CCCN2CCNCC2)c2ccccc21. The first-order valence-corrected chi connectivity index (χ1v) is 10.3. The summed E-state index contributed by atoms with van der Waals surface area (Å²) in [5, 5.41) is 4.44. The van der Waals surface area contributed by atoms with Gasteiger partial charge in [-0.3, -0.25) is 0 Å². The fourth-order valence-corrected chi connectivity index (χ4v) is 4.08. The van der Waals surface area contributed by atoms with E-state index in [2.05, 4.69) is 16.3 Å². The molecule has 0 unspecified atom stereocenters. The van der Waals surface area contributed by atoms with Crippen LogP contribution < -0.4 is 10.1 Å². The maximum Gasteiger partial charge on any atom is 0.416 e. The predicted molar refractivity (Wildman–Crippen MR) is 112 cm³/mol. The molecule has 1 fully saturated rings. The highest BCUT2D eigenvalue weighted by molar-refractivity contribution is 5.87. The molecule has 1 saturated heterocycles. The summed E-state index contributed by atoms with van der Waals surface area (Å²) in [5.74, 6) is 0.801. The molecule has 2 aromatic carbocycles. The highest BCUT2D eigenvalue weighted by atomic mass is 19.4. The number of alkyl halides is 3. The van der Waals surface area contributed by atoms with E-state index in [4.69, 9.17) is 4.74 Å². The molecule has 0 bridgehead atoms. The molecule has 0 radical (unpaired) electrons. The first-order chi connectivity index (χ1) is 14.4. The fourth-order valence-electron chi connectivity index (χ4n) is 4.08. The van der Waals surface area contributed by atoms with Crippen LogP contribution in [0.3, 0.4) is 0 Å². The van der Waals surface area contributed by atoms with Crippen molar-refractivity contribution in [2.45, 2.75) is 19.0 Å². The lowest BCUT2D eigenvalue weighted by Crippen LogP contribution is -2.43. The number of para-hydroxylation sites is 1. The van der Waals surface area contributed by atoms with E-state index in [-0.39, 0.29) is 5.75 Å².